The molecule has 2 atom stereocenters. The summed E-state index contributed by atoms with van der Waals surface area (Å²) in [7, 11) is 0. The summed E-state index contributed by atoms with van der Waals surface area (Å²) >= 11 is -3.17. The van der Waals surface area contributed by atoms with Crippen molar-refractivity contribution in [2.45, 2.75) is 57.7 Å². The van der Waals surface area contributed by atoms with E-state index in [1.165, 1.54) is 61.2 Å². The van der Waals surface area contributed by atoms with Gasteiger partial charge in [0, 0.05) is 0 Å². The molecule has 1 heterocycles. The topological polar surface area (TPSA) is 0 Å². The molecule has 1 saturated heterocycles. The van der Waals surface area contributed by atoms with Crippen LogP contribution in [0.4, 0.5) is 0 Å². The fourth-order valence-electron chi connectivity index (χ4n) is 9.67. The molecule has 5 aromatic rings. The molecule has 5 aromatic carbocycles. The van der Waals surface area contributed by atoms with Crippen LogP contribution in [0.25, 0.3) is 34.4 Å². The number of hydrogen-bond donors (Lipinski definition) is 0. The van der Waals surface area contributed by atoms with E-state index in [0.29, 0.717) is 7.35 Å². The average molecular weight is 763 g/mol. The number of hydrogen-bond acceptors (Lipinski definition) is 0. The van der Waals surface area contributed by atoms with Crippen LogP contribution in [0.5, 0.6) is 0 Å². The van der Waals surface area contributed by atoms with Gasteiger partial charge in [0.2, 0.25) is 0 Å². The molecule has 0 saturated carbocycles. The van der Waals surface area contributed by atoms with Gasteiger partial charge >= 0.3 is 282 Å². The van der Waals surface area contributed by atoms with Gasteiger partial charge in [-0.1, -0.05) is 0 Å². The van der Waals surface area contributed by atoms with Crippen LogP contribution in [0.1, 0.15) is 64.3 Å². The molecule has 0 nitrogen and oxygen atoms in total. The number of aryl methyl sites for hydroxylation is 4. The van der Waals surface area contributed by atoms with E-state index in [1.54, 1.807) is 22.3 Å². The summed E-state index contributed by atoms with van der Waals surface area (Å²) in [5, 5.41) is 0. The zero-order valence-corrected chi connectivity index (χ0v) is 31.9. The van der Waals surface area contributed by atoms with Crippen molar-refractivity contribution in [1.82, 2.24) is 0 Å². The molecule has 8 rings (SSSR count). The van der Waals surface area contributed by atoms with Crippen LogP contribution in [0.15, 0.2) is 114 Å². The van der Waals surface area contributed by atoms with Crippen molar-refractivity contribution in [2.75, 3.05) is 0 Å². The minimum atomic E-state index is -3.17. The van der Waals surface area contributed by atoms with Crippen LogP contribution in [0.3, 0.4) is 0 Å². The van der Waals surface area contributed by atoms with Gasteiger partial charge in [-0.15, -0.1) is 0 Å². The van der Waals surface area contributed by atoms with E-state index in [9.17, 15) is 0 Å². The van der Waals surface area contributed by atoms with E-state index in [1.807, 2.05) is 0 Å². The first-order valence-corrected chi connectivity index (χ1v) is 28.3. The predicted octanol–water partition coefficient (Wildman–Crippen LogP) is 12.3. The fourth-order valence-corrected chi connectivity index (χ4v) is 27.1. The van der Waals surface area contributed by atoms with Crippen molar-refractivity contribution >= 4 is 12.2 Å². The second-order valence-electron chi connectivity index (χ2n) is 15.3. The van der Waals surface area contributed by atoms with Crippen molar-refractivity contribution in [3.8, 4) is 22.3 Å². The van der Waals surface area contributed by atoms with Crippen molar-refractivity contribution < 1.29 is 20.0 Å². The van der Waals surface area contributed by atoms with Gasteiger partial charge in [0.25, 0.3) is 0 Å². The Morgan fingerprint density at radius 1 is 0.543 bits per heavy atom. The third-order valence-corrected chi connectivity index (χ3v) is 26.5. The number of allylic oxidation sites excluding steroid dienone is 2. The Morgan fingerprint density at radius 2 is 0.978 bits per heavy atom. The Hall–Kier alpha value is -3.55. The third kappa shape index (κ3) is 4.56. The molecule has 0 amide bonds. The molecule has 228 valence electrons. The Balaban J connectivity index is 1.38. The van der Waals surface area contributed by atoms with Crippen molar-refractivity contribution in [2.24, 2.45) is 5.41 Å². The fraction of sp³-hybridized carbons (Fsp3) is 0.244. The van der Waals surface area contributed by atoms with Crippen molar-refractivity contribution in [3.05, 3.63) is 164 Å². The average Bonchev–Trinajstić information content (AvgIpc) is 3.62. The van der Waals surface area contributed by atoms with Gasteiger partial charge in [0.05, 0.1) is 0 Å². The molecule has 1 aliphatic heterocycles. The van der Waals surface area contributed by atoms with E-state index in [2.05, 4.69) is 159 Å². The zero-order chi connectivity index (χ0) is 32.0. The number of benzene rings is 5. The monoisotopic (exact) mass is 764 g/mol. The maximum atomic E-state index is 2.77. The molecular weight excluding hydrogens is 719 g/mol. The SMILES string of the molecule is Cc1cc(C)cc(-c2cccc3c2C=C2[CH]3[Hf]([CH3])([CH3])[CH]3C(=Cc4c(-c5cc(C)cc(C)c5)cccc43)C2(C)Cc2ccccc2)c1. The van der Waals surface area contributed by atoms with Gasteiger partial charge in [0.1, 0.15) is 0 Å². The van der Waals surface area contributed by atoms with Crippen LogP contribution in [-0.2, 0) is 26.4 Å². The molecule has 3 aliphatic rings. The van der Waals surface area contributed by atoms with E-state index in [0.717, 1.165) is 6.42 Å². The first-order valence-electron chi connectivity index (χ1n) is 17.0. The van der Waals surface area contributed by atoms with Gasteiger partial charge in [-0.2, -0.15) is 0 Å². The molecule has 0 radical (unpaired) electrons. The second kappa shape index (κ2) is 10.7. The van der Waals surface area contributed by atoms with Gasteiger partial charge < -0.3 is 0 Å². The van der Waals surface area contributed by atoms with Crippen LogP contribution in [0, 0.1) is 33.1 Å². The standard InChI is InChI=1S/C43H38.2CH3.Hf/c1-28-17-29(2)20-35(19-28)39-15-9-13-33-23-37(25-41(33)39)43(5,27-32-11-7-6-8-12-32)38-24-34-14-10-16-40(42(34)26-38)36-21-30(3)18-31(4)22-36;;;/h6-26H,27H2,1-5H3;2*1H3;. The van der Waals surface area contributed by atoms with Crippen LogP contribution in [0.2, 0.25) is 9.36 Å². The summed E-state index contributed by atoms with van der Waals surface area (Å²) in [4.78, 5) is 0. The van der Waals surface area contributed by atoms with E-state index in [-0.39, 0.29) is 5.41 Å². The normalized spacial score (nSPS) is 22.0. The quantitative estimate of drug-likeness (QED) is 0.160. The van der Waals surface area contributed by atoms with Crippen LogP contribution in [-0.4, -0.2) is 0 Å². The summed E-state index contributed by atoms with van der Waals surface area (Å²) in [6.07, 6.45) is 6.37. The van der Waals surface area contributed by atoms with Crippen LogP contribution >= 0.6 is 0 Å². The molecular formula is C45H44Hf. The molecule has 0 bridgehead atoms. The molecule has 0 aromatic heterocycles. The zero-order valence-electron chi connectivity index (χ0n) is 28.3. The molecule has 0 spiro atoms. The Morgan fingerprint density at radius 3 is 1.41 bits per heavy atom. The maximum absolute atomic E-state index is 3.17. The molecule has 0 N–H and O–H groups in total. The third-order valence-electron chi connectivity index (χ3n) is 11.4. The van der Waals surface area contributed by atoms with Crippen molar-refractivity contribution in [3.63, 3.8) is 0 Å². The Bertz CT molecular complexity index is 1940. The summed E-state index contributed by atoms with van der Waals surface area (Å²) < 4.78 is 6.65. The summed E-state index contributed by atoms with van der Waals surface area (Å²) in [6.45, 7) is 11.5. The molecule has 46 heavy (non-hydrogen) atoms. The van der Waals surface area contributed by atoms with E-state index in [4.69, 9.17) is 0 Å². The number of fused-ring (bicyclic) bond motifs is 6. The molecule has 2 aliphatic carbocycles. The first kappa shape index (κ1) is 29.8. The number of rotatable bonds is 4. The van der Waals surface area contributed by atoms with Crippen molar-refractivity contribution in [1.29, 1.82) is 0 Å². The first-order chi connectivity index (χ1) is 22.0. The second-order valence-corrected chi connectivity index (χ2v) is 32.5. The van der Waals surface area contributed by atoms with E-state index >= 15 is 0 Å². The van der Waals surface area contributed by atoms with Gasteiger partial charge in [-0.3, -0.25) is 0 Å². The Labute approximate surface area is 280 Å². The molecule has 2 unspecified atom stereocenters. The molecule has 1 fully saturated rings. The summed E-state index contributed by atoms with van der Waals surface area (Å²) in [5.74, 6) is 0. The van der Waals surface area contributed by atoms with Gasteiger partial charge in [0.15, 0.2) is 0 Å². The van der Waals surface area contributed by atoms with Gasteiger partial charge in [-0.25, -0.2) is 0 Å². The summed E-state index contributed by atoms with van der Waals surface area (Å²) in [6, 6.07) is 39.7. The molecule has 1 heteroatoms. The van der Waals surface area contributed by atoms with Crippen LogP contribution < -0.4 is 0 Å². The van der Waals surface area contributed by atoms with E-state index < -0.39 is 20.0 Å². The minimum absolute atomic E-state index is 0.0656. The predicted molar refractivity (Wildman–Crippen MR) is 194 cm³/mol. The Kier molecular flexibility index (Phi) is 6.97. The van der Waals surface area contributed by atoms with Gasteiger partial charge in [-0.05, 0) is 0 Å². The summed E-state index contributed by atoms with van der Waals surface area (Å²) in [5.41, 5.74) is 21.7.